The molecule has 0 amide bonds. The molecule has 1 aromatic heterocycles. The maximum Gasteiger partial charge on any atom is 0.328 e. The number of aliphatic hydroxyl groups is 1. The van der Waals surface area contributed by atoms with E-state index in [4.69, 9.17) is 5.11 Å². The molecule has 0 unspecified atom stereocenters. The minimum absolute atomic E-state index is 0.191. The van der Waals surface area contributed by atoms with E-state index < -0.39 is 11.2 Å². The molecule has 0 atom stereocenters. The van der Waals surface area contributed by atoms with Gasteiger partial charge in [0.15, 0.2) is 0 Å². The maximum absolute atomic E-state index is 11.5. The quantitative estimate of drug-likeness (QED) is 0.738. The van der Waals surface area contributed by atoms with E-state index in [-0.39, 0.29) is 6.61 Å². The van der Waals surface area contributed by atoms with Crippen LogP contribution in [0, 0.1) is 11.8 Å². The van der Waals surface area contributed by atoms with Crippen LogP contribution in [0.25, 0.3) is 0 Å². The summed E-state index contributed by atoms with van der Waals surface area (Å²) in [6.45, 7) is 0.161. The maximum atomic E-state index is 11.5. The molecule has 0 bridgehead atoms. The molecule has 5 heteroatoms. The molecule has 5 nitrogen and oxygen atoms in total. The van der Waals surface area contributed by atoms with Crippen molar-refractivity contribution in [1.29, 1.82) is 0 Å². The summed E-state index contributed by atoms with van der Waals surface area (Å²) in [6, 6.07) is 8.65. The Hall–Kier alpha value is -2.58. The van der Waals surface area contributed by atoms with Crippen molar-refractivity contribution >= 4 is 0 Å². The molecule has 0 saturated carbocycles. The van der Waals surface area contributed by atoms with Gasteiger partial charge in [0.1, 0.15) is 6.61 Å². The smallest absolute Gasteiger partial charge is 0.328 e. The van der Waals surface area contributed by atoms with Gasteiger partial charge in [-0.25, -0.2) is 4.79 Å². The number of aromatic nitrogens is 2. The molecule has 0 aliphatic carbocycles. The third kappa shape index (κ3) is 3.44. The number of H-pyrrole nitrogens is 1. The molecule has 19 heavy (non-hydrogen) atoms. The number of benzene rings is 1. The largest absolute Gasteiger partial charge is 0.384 e. The van der Waals surface area contributed by atoms with Crippen LogP contribution in [0.1, 0.15) is 11.1 Å². The highest BCUT2D eigenvalue weighted by atomic mass is 16.2. The number of aliphatic hydroxyl groups excluding tert-OH is 1. The van der Waals surface area contributed by atoms with Crippen LogP contribution in [0.15, 0.2) is 46.1 Å². The first-order valence-electron chi connectivity index (χ1n) is 5.67. The van der Waals surface area contributed by atoms with Gasteiger partial charge < -0.3 is 5.11 Å². The SMILES string of the molecule is O=c1ccn(Cc2cccc(C#CCO)c2)c(=O)[nH]1. The Morgan fingerprint density at radius 2 is 2.11 bits per heavy atom. The first kappa shape index (κ1) is 12.9. The molecule has 0 aliphatic heterocycles. The Morgan fingerprint density at radius 3 is 2.84 bits per heavy atom. The van der Waals surface area contributed by atoms with Gasteiger partial charge in [-0.05, 0) is 17.7 Å². The lowest BCUT2D eigenvalue weighted by Crippen LogP contribution is -2.28. The monoisotopic (exact) mass is 256 g/mol. The van der Waals surface area contributed by atoms with E-state index in [1.165, 1.54) is 16.8 Å². The number of nitrogens with zero attached hydrogens (tertiary/aromatic N) is 1. The van der Waals surface area contributed by atoms with Crippen LogP contribution < -0.4 is 11.2 Å². The van der Waals surface area contributed by atoms with Gasteiger partial charge in [-0.1, -0.05) is 24.0 Å². The Bertz CT molecular complexity index is 747. The lowest BCUT2D eigenvalue weighted by molar-refractivity contribution is 0.350. The molecule has 0 aliphatic rings. The Morgan fingerprint density at radius 1 is 1.26 bits per heavy atom. The second-order valence-corrected chi connectivity index (χ2v) is 3.90. The first-order chi connectivity index (χ1) is 9.19. The van der Waals surface area contributed by atoms with E-state index in [0.29, 0.717) is 6.54 Å². The molecule has 0 fully saturated rings. The van der Waals surface area contributed by atoms with E-state index in [0.717, 1.165) is 11.1 Å². The summed E-state index contributed by atoms with van der Waals surface area (Å²) in [4.78, 5) is 24.7. The van der Waals surface area contributed by atoms with Gasteiger partial charge >= 0.3 is 5.69 Å². The van der Waals surface area contributed by atoms with Gasteiger partial charge in [0, 0.05) is 17.8 Å². The van der Waals surface area contributed by atoms with Crippen molar-refractivity contribution in [3.63, 3.8) is 0 Å². The fourth-order valence-electron chi connectivity index (χ4n) is 1.65. The van der Waals surface area contributed by atoms with Crippen molar-refractivity contribution in [2.45, 2.75) is 6.54 Å². The molecular formula is C14H12N2O3. The van der Waals surface area contributed by atoms with Crippen molar-refractivity contribution in [3.05, 3.63) is 68.5 Å². The van der Waals surface area contributed by atoms with E-state index in [1.54, 1.807) is 0 Å². The highest BCUT2D eigenvalue weighted by molar-refractivity contribution is 5.37. The molecular weight excluding hydrogens is 244 g/mol. The topological polar surface area (TPSA) is 75.1 Å². The van der Waals surface area contributed by atoms with Gasteiger partial charge in [-0.3, -0.25) is 14.3 Å². The highest BCUT2D eigenvalue weighted by Crippen LogP contribution is 2.05. The van der Waals surface area contributed by atoms with Gasteiger partial charge in [-0.15, -0.1) is 0 Å². The van der Waals surface area contributed by atoms with Gasteiger partial charge in [0.2, 0.25) is 0 Å². The van der Waals surface area contributed by atoms with Gasteiger partial charge in [-0.2, -0.15) is 0 Å². The van der Waals surface area contributed by atoms with Crippen LogP contribution in [-0.2, 0) is 6.54 Å². The van der Waals surface area contributed by atoms with Crippen LogP contribution >= 0.6 is 0 Å². The average Bonchev–Trinajstić information content (AvgIpc) is 2.40. The predicted molar refractivity (Wildman–Crippen MR) is 70.8 cm³/mol. The summed E-state index contributed by atoms with van der Waals surface area (Å²) in [6.07, 6.45) is 1.45. The molecule has 2 N–H and O–H groups in total. The zero-order valence-corrected chi connectivity index (χ0v) is 10.1. The van der Waals surface area contributed by atoms with E-state index in [9.17, 15) is 9.59 Å². The molecule has 1 heterocycles. The van der Waals surface area contributed by atoms with Crippen molar-refractivity contribution in [3.8, 4) is 11.8 Å². The fraction of sp³-hybridized carbons (Fsp3) is 0.143. The van der Waals surface area contributed by atoms with E-state index in [1.807, 2.05) is 24.3 Å². The van der Waals surface area contributed by atoms with Crippen molar-refractivity contribution in [2.75, 3.05) is 6.61 Å². The van der Waals surface area contributed by atoms with Crippen LogP contribution in [0.5, 0.6) is 0 Å². The lowest BCUT2D eigenvalue weighted by Gasteiger charge is -2.04. The second-order valence-electron chi connectivity index (χ2n) is 3.90. The fourth-order valence-corrected chi connectivity index (χ4v) is 1.65. The lowest BCUT2D eigenvalue weighted by atomic mass is 10.1. The number of aromatic amines is 1. The Balaban J connectivity index is 2.28. The summed E-state index contributed by atoms with van der Waals surface area (Å²) in [7, 11) is 0. The number of rotatable bonds is 2. The van der Waals surface area contributed by atoms with Crippen molar-refractivity contribution < 1.29 is 5.11 Å². The Kier molecular flexibility index (Phi) is 3.96. The predicted octanol–water partition coefficient (Wildman–Crippen LogP) is -0.0713. The second kappa shape index (κ2) is 5.85. The summed E-state index contributed by atoms with van der Waals surface area (Å²) in [5.41, 5.74) is 0.797. The number of hydrogen-bond donors (Lipinski definition) is 2. The van der Waals surface area contributed by atoms with Crippen LogP contribution in [0.3, 0.4) is 0 Å². The normalized spacial score (nSPS) is 9.74. The summed E-state index contributed by atoms with van der Waals surface area (Å²) in [5.74, 6) is 5.36. The van der Waals surface area contributed by atoms with Crippen molar-refractivity contribution in [1.82, 2.24) is 9.55 Å². The summed E-state index contributed by atoms with van der Waals surface area (Å²) >= 11 is 0. The van der Waals surface area contributed by atoms with Crippen LogP contribution in [-0.4, -0.2) is 21.3 Å². The minimum Gasteiger partial charge on any atom is -0.384 e. The van der Waals surface area contributed by atoms with E-state index in [2.05, 4.69) is 16.8 Å². The molecule has 0 saturated heterocycles. The average molecular weight is 256 g/mol. The number of nitrogens with one attached hydrogen (secondary N) is 1. The third-order valence-electron chi connectivity index (χ3n) is 2.49. The van der Waals surface area contributed by atoms with Crippen LogP contribution in [0.2, 0.25) is 0 Å². The van der Waals surface area contributed by atoms with Crippen LogP contribution in [0.4, 0.5) is 0 Å². The Labute approximate surface area is 109 Å². The van der Waals surface area contributed by atoms with E-state index >= 15 is 0 Å². The van der Waals surface area contributed by atoms with Gasteiger partial charge in [0.05, 0.1) is 6.54 Å². The molecule has 2 aromatic rings. The zero-order chi connectivity index (χ0) is 13.7. The standard InChI is InChI=1S/C14H12N2O3/c17-8-2-5-11-3-1-4-12(9-11)10-16-7-6-13(18)15-14(16)19/h1,3-4,6-7,9,17H,8,10H2,(H,15,18,19). The summed E-state index contributed by atoms with van der Waals surface area (Å²) < 4.78 is 1.40. The molecule has 0 spiro atoms. The minimum atomic E-state index is -0.445. The zero-order valence-electron chi connectivity index (χ0n) is 10.1. The molecule has 1 aromatic carbocycles. The van der Waals surface area contributed by atoms with Gasteiger partial charge in [0.25, 0.3) is 5.56 Å². The molecule has 2 rings (SSSR count). The highest BCUT2D eigenvalue weighted by Gasteiger charge is 1.99. The first-order valence-corrected chi connectivity index (χ1v) is 5.67. The molecule has 0 radical (unpaired) electrons. The third-order valence-corrected chi connectivity index (χ3v) is 2.49. The van der Waals surface area contributed by atoms with Crippen molar-refractivity contribution in [2.24, 2.45) is 0 Å². The summed E-state index contributed by atoms with van der Waals surface area (Å²) in [5, 5.41) is 8.64. The molecule has 96 valence electrons. The number of hydrogen-bond acceptors (Lipinski definition) is 3.